The van der Waals surface area contributed by atoms with Gasteiger partial charge in [0.05, 0.1) is 5.39 Å². The number of fused-ring (bicyclic) bond motifs is 1. The molecule has 0 amide bonds. The van der Waals surface area contributed by atoms with Crippen LogP contribution in [0.2, 0.25) is 0 Å². The van der Waals surface area contributed by atoms with Crippen molar-refractivity contribution >= 4 is 27.4 Å². The molecule has 0 aliphatic heterocycles. The van der Waals surface area contributed by atoms with Gasteiger partial charge in [0.15, 0.2) is 5.82 Å². The molecule has 0 aromatic carbocycles. The van der Waals surface area contributed by atoms with Gasteiger partial charge in [0.25, 0.3) is 0 Å². The van der Waals surface area contributed by atoms with Crippen molar-refractivity contribution in [1.82, 2.24) is 9.97 Å². The minimum absolute atomic E-state index is 0.0476. The molecule has 0 saturated heterocycles. The second-order valence-electron chi connectivity index (χ2n) is 4.44. The summed E-state index contributed by atoms with van der Waals surface area (Å²) < 4.78 is 5.77. The molecule has 5 heteroatoms. The third-order valence-corrected chi connectivity index (χ3v) is 3.59. The summed E-state index contributed by atoms with van der Waals surface area (Å²) in [6.45, 7) is 6.92. The lowest BCUT2D eigenvalue weighted by Gasteiger charge is -2.20. The zero-order valence-electron chi connectivity index (χ0n) is 11.2. The van der Waals surface area contributed by atoms with Crippen molar-refractivity contribution in [2.75, 3.05) is 19.0 Å². The monoisotopic (exact) mass is 265 g/mol. The molecule has 0 radical (unpaired) electrons. The molecule has 0 aliphatic rings. The van der Waals surface area contributed by atoms with Crippen LogP contribution in [0.25, 0.3) is 10.2 Å². The molecule has 4 nitrogen and oxygen atoms in total. The molecule has 2 aromatic rings. The largest absolute Gasteiger partial charge is 0.372 e. The summed E-state index contributed by atoms with van der Waals surface area (Å²) in [5.41, 5.74) is 0. The molecule has 1 unspecified atom stereocenters. The van der Waals surface area contributed by atoms with E-state index in [4.69, 9.17) is 4.74 Å². The first kappa shape index (κ1) is 13.2. The van der Waals surface area contributed by atoms with Crippen LogP contribution < -0.4 is 5.32 Å². The summed E-state index contributed by atoms with van der Waals surface area (Å²) in [5, 5.41) is 6.24. The second kappa shape index (κ2) is 5.63. The number of nitrogens with one attached hydrogen (secondary N) is 1. The van der Waals surface area contributed by atoms with Crippen molar-refractivity contribution in [1.29, 1.82) is 0 Å². The van der Waals surface area contributed by atoms with Gasteiger partial charge in [0, 0.05) is 13.7 Å². The van der Waals surface area contributed by atoms with Gasteiger partial charge in [-0.2, -0.15) is 0 Å². The Kier molecular flexibility index (Phi) is 4.14. The van der Waals surface area contributed by atoms with Gasteiger partial charge in [-0.3, -0.25) is 0 Å². The van der Waals surface area contributed by atoms with Gasteiger partial charge in [0.2, 0.25) is 0 Å². The highest BCUT2D eigenvalue weighted by atomic mass is 32.1. The van der Waals surface area contributed by atoms with Crippen LogP contribution in [0.1, 0.15) is 32.7 Å². The molecule has 18 heavy (non-hydrogen) atoms. The van der Waals surface area contributed by atoms with Gasteiger partial charge in [-0.05, 0) is 24.3 Å². The number of aromatic nitrogens is 2. The normalized spacial score (nSPS) is 13.2. The Hall–Kier alpha value is -1.20. The van der Waals surface area contributed by atoms with Crippen LogP contribution >= 0.6 is 11.3 Å². The molecule has 0 fully saturated rings. The Morgan fingerprint density at radius 2 is 2.17 bits per heavy atom. The summed E-state index contributed by atoms with van der Waals surface area (Å²) >= 11 is 1.63. The molecule has 1 atom stereocenters. The van der Waals surface area contributed by atoms with Crippen molar-refractivity contribution in [3.05, 3.63) is 17.3 Å². The van der Waals surface area contributed by atoms with Gasteiger partial charge >= 0.3 is 0 Å². The Morgan fingerprint density at radius 1 is 1.39 bits per heavy atom. The van der Waals surface area contributed by atoms with E-state index in [-0.39, 0.29) is 6.10 Å². The smallest absolute Gasteiger partial charge is 0.161 e. The number of hydrogen-bond acceptors (Lipinski definition) is 5. The Balaban J connectivity index is 2.48. The van der Waals surface area contributed by atoms with E-state index in [1.165, 1.54) is 0 Å². The lowest BCUT2D eigenvalue weighted by molar-refractivity contribution is 0.0236. The fraction of sp³-hybridized carbons (Fsp3) is 0.538. The molecule has 0 spiro atoms. The minimum Gasteiger partial charge on any atom is -0.372 e. The van der Waals surface area contributed by atoms with E-state index in [0.717, 1.165) is 21.9 Å². The van der Waals surface area contributed by atoms with E-state index in [1.54, 1.807) is 11.3 Å². The Morgan fingerprint density at radius 3 is 2.78 bits per heavy atom. The molecule has 0 bridgehead atoms. The highest BCUT2D eigenvalue weighted by Gasteiger charge is 2.21. The SMILES string of the molecule is CCOC(c1nc(NC)c2ccsc2n1)C(C)C. The maximum atomic E-state index is 5.77. The van der Waals surface area contributed by atoms with E-state index in [9.17, 15) is 0 Å². The number of thiophene rings is 1. The van der Waals surface area contributed by atoms with Gasteiger partial charge in [-0.25, -0.2) is 9.97 Å². The molecule has 98 valence electrons. The first-order valence-corrected chi connectivity index (χ1v) is 7.09. The highest BCUT2D eigenvalue weighted by Crippen LogP contribution is 2.30. The van der Waals surface area contributed by atoms with E-state index in [1.807, 2.05) is 25.4 Å². The molecule has 2 rings (SSSR count). The van der Waals surface area contributed by atoms with Crippen LogP contribution in [0, 0.1) is 5.92 Å². The van der Waals surface area contributed by atoms with Crippen LogP contribution in [-0.4, -0.2) is 23.6 Å². The number of rotatable bonds is 5. The summed E-state index contributed by atoms with van der Waals surface area (Å²) in [5.74, 6) is 2.00. The maximum absolute atomic E-state index is 5.77. The van der Waals surface area contributed by atoms with E-state index >= 15 is 0 Å². The standard InChI is InChI=1S/C13H19N3OS/c1-5-17-10(8(2)3)12-15-11(14-4)9-6-7-18-13(9)16-12/h6-8,10H,5H2,1-4H3,(H,14,15,16). The number of nitrogens with zero attached hydrogens (tertiary/aromatic N) is 2. The van der Waals surface area contributed by atoms with Crippen LogP contribution in [-0.2, 0) is 4.74 Å². The lowest BCUT2D eigenvalue weighted by Crippen LogP contribution is -2.15. The highest BCUT2D eigenvalue weighted by molar-refractivity contribution is 7.16. The van der Waals surface area contributed by atoms with Crippen LogP contribution in [0.3, 0.4) is 0 Å². The zero-order valence-corrected chi connectivity index (χ0v) is 12.0. The van der Waals surface area contributed by atoms with Gasteiger partial charge < -0.3 is 10.1 Å². The molecular weight excluding hydrogens is 246 g/mol. The van der Waals surface area contributed by atoms with E-state index < -0.39 is 0 Å². The number of ether oxygens (including phenoxy) is 1. The van der Waals surface area contributed by atoms with Gasteiger partial charge in [0.1, 0.15) is 16.8 Å². The quantitative estimate of drug-likeness (QED) is 0.899. The molecule has 2 aromatic heterocycles. The lowest BCUT2D eigenvalue weighted by atomic mass is 10.1. The second-order valence-corrected chi connectivity index (χ2v) is 5.33. The van der Waals surface area contributed by atoms with Crippen molar-refractivity contribution < 1.29 is 4.74 Å². The summed E-state index contributed by atoms with van der Waals surface area (Å²) in [6, 6.07) is 2.04. The summed E-state index contributed by atoms with van der Waals surface area (Å²) in [7, 11) is 1.88. The molecule has 0 aliphatic carbocycles. The molecule has 1 N–H and O–H groups in total. The molecule has 2 heterocycles. The van der Waals surface area contributed by atoms with Gasteiger partial charge in [-0.1, -0.05) is 13.8 Å². The zero-order chi connectivity index (χ0) is 13.1. The minimum atomic E-state index is -0.0476. The first-order valence-electron chi connectivity index (χ1n) is 6.21. The predicted molar refractivity (Wildman–Crippen MR) is 76.2 cm³/mol. The Bertz CT molecular complexity index is 524. The topological polar surface area (TPSA) is 47.0 Å². The fourth-order valence-corrected chi connectivity index (χ4v) is 2.71. The number of hydrogen-bond donors (Lipinski definition) is 1. The molecule has 0 saturated carbocycles. The maximum Gasteiger partial charge on any atom is 0.161 e. The van der Waals surface area contributed by atoms with E-state index in [0.29, 0.717) is 12.5 Å². The van der Waals surface area contributed by atoms with Crippen molar-refractivity contribution in [2.45, 2.75) is 26.9 Å². The van der Waals surface area contributed by atoms with Crippen molar-refractivity contribution in [2.24, 2.45) is 5.92 Å². The predicted octanol–water partition coefficient (Wildman–Crippen LogP) is 3.47. The third-order valence-electron chi connectivity index (χ3n) is 2.79. The van der Waals surface area contributed by atoms with Crippen LogP contribution in [0.4, 0.5) is 5.82 Å². The molecular formula is C13H19N3OS. The summed E-state index contributed by atoms with van der Waals surface area (Å²) in [6.07, 6.45) is -0.0476. The number of anilines is 1. The fourth-order valence-electron chi connectivity index (χ4n) is 1.93. The average Bonchev–Trinajstić information content (AvgIpc) is 2.82. The third kappa shape index (κ3) is 2.47. The van der Waals surface area contributed by atoms with Crippen LogP contribution in [0.15, 0.2) is 11.4 Å². The average molecular weight is 265 g/mol. The Labute approximate surface area is 111 Å². The van der Waals surface area contributed by atoms with Crippen LogP contribution in [0.5, 0.6) is 0 Å². The van der Waals surface area contributed by atoms with Gasteiger partial charge in [-0.15, -0.1) is 11.3 Å². The van der Waals surface area contributed by atoms with E-state index in [2.05, 4.69) is 29.1 Å². The summed E-state index contributed by atoms with van der Waals surface area (Å²) in [4.78, 5) is 10.2. The van der Waals surface area contributed by atoms with Crippen molar-refractivity contribution in [3.63, 3.8) is 0 Å². The van der Waals surface area contributed by atoms with Crippen molar-refractivity contribution in [3.8, 4) is 0 Å². The first-order chi connectivity index (χ1) is 8.67.